The van der Waals surface area contributed by atoms with Crippen LogP contribution in [0.2, 0.25) is 0 Å². The van der Waals surface area contributed by atoms with Crippen LogP contribution in [0.15, 0.2) is 12.7 Å². The second-order valence-electron chi connectivity index (χ2n) is 3.65. The largest absolute Gasteiger partial charge is 0.352 e. The van der Waals surface area contributed by atoms with Crippen LogP contribution >= 0.6 is 0 Å². The Kier molecular flexibility index (Phi) is 4.62. The van der Waals surface area contributed by atoms with E-state index in [1.165, 1.54) is 0 Å². The van der Waals surface area contributed by atoms with Gasteiger partial charge in [-0.3, -0.25) is 9.69 Å². The summed E-state index contributed by atoms with van der Waals surface area (Å²) in [4.78, 5) is 13.4. The summed E-state index contributed by atoms with van der Waals surface area (Å²) < 4.78 is 0. The van der Waals surface area contributed by atoms with Crippen LogP contribution in [0.3, 0.4) is 0 Å². The third-order valence-electron chi connectivity index (χ3n) is 2.49. The lowest BCUT2D eigenvalue weighted by Crippen LogP contribution is -2.41. The Balaban J connectivity index is 2.21. The van der Waals surface area contributed by atoms with E-state index in [1.54, 1.807) is 6.08 Å². The van der Waals surface area contributed by atoms with Gasteiger partial charge in [0.2, 0.25) is 5.91 Å². The lowest BCUT2D eigenvalue weighted by Gasteiger charge is -2.22. The van der Waals surface area contributed by atoms with E-state index in [1.807, 2.05) is 7.05 Å². The summed E-state index contributed by atoms with van der Waals surface area (Å²) in [6, 6.07) is 0.504. The Morgan fingerprint density at radius 1 is 1.79 bits per heavy atom. The normalized spacial score (nSPS) is 21.1. The fourth-order valence-electron chi connectivity index (χ4n) is 1.61. The van der Waals surface area contributed by atoms with Gasteiger partial charge in [0.05, 0.1) is 6.54 Å². The van der Waals surface area contributed by atoms with Crippen molar-refractivity contribution in [3.63, 3.8) is 0 Å². The molecular weight excluding hydrogens is 178 g/mol. The van der Waals surface area contributed by atoms with Gasteiger partial charge in [0.15, 0.2) is 0 Å². The summed E-state index contributed by atoms with van der Waals surface area (Å²) in [6.45, 7) is 6.62. The Hall–Kier alpha value is -0.870. The van der Waals surface area contributed by atoms with Crippen LogP contribution < -0.4 is 10.6 Å². The number of carbonyl (C=O) groups excluding carboxylic acids is 1. The molecule has 80 valence electrons. The van der Waals surface area contributed by atoms with Crippen LogP contribution in [0, 0.1) is 0 Å². The Morgan fingerprint density at radius 3 is 3.14 bits per heavy atom. The van der Waals surface area contributed by atoms with Gasteiger partial charge in [0.1, 0.15) is 0 Å². The first-order valence-corrected chi connectivity index (χ1v) is 5.02. The molecule has 0 aromatic carbocycles. The molecule has 0 aromatic heterocycles. The molecule has 0 radical (unpaired) electrons. The quantitative estimate of drug-likeness (QED) is 0.589. The summed E-state index contributed by atoms with van der Waals surface area (Å²) in [6.07, 6.45) is 2.82. The van der Waals surface area contributed by atoms with Crippen molar-refractivity contribution in [2.45, 2.75) is 12.5 Å². The van der Waals surface area contributed by atoms with Gasteiger partial charge in [0.25, 0.3) is 0 Å². The highest BCUT2D eigenvalue weighted by molar-refractivity contribution is 5.78. The van der Waals surface area contributed by atoms with Crippen molar-refractivity contribution in [3.8, 4) is 0 Å². The van der Waals surface area contributed by atoms with Crippen molar-refractivity contribution >= 4 is 5.91 Å². The zero-order valence-electron chi connectivity index (χ0n) is 8.75. The Labute approximate surface area is 85.3 Å². The average Bonchev–Trinajstić information content (AvgIpc) is 2.67. The summed E-state index contributed by atoms with van der Waals surface area (Å²) in [5.41, 5.74) is 0. The molecule has 0 saturated carbocycles. The number of likely N-dealkylation sites (N-methyl/N-ethyl adjacent to an activating group) is 1. The maximum absolute atomic E-state index is 11.3. The molecule has 2 N–H and O–H groups in total. The number of nitrogens with one attached hydrogen (secondary N) is 2. The first-order chi connectivity index (χ1) is 6.74. The minimum Gasteiger partial charge on any atom is -0.352 e. The van der Waals surface area contributed by atoms with Crippen LogP contribution in [0.5, 0.6) is 0 Å². The minimum absolute atomic E-state index is 0.0688. The van der Waals surface area contributed by atoms with Crippen LogP contribution in [0.4, 0.5) is 0 Å². The topological polar surface area (TPSA) is 44.4 Å². The molecule has 1 aliphatic heterocycles. The fourth-order valence-corrected chi connectivity index (χ4v) is 1.61. The molecule has 1 heterocycles. The van der Waals surface area contributed by atoms with Crippen LogP contribution in [0.1, 0.15) is 6.42 Å². The Morgan fingerprint density at radius 2 is 2.57 bits per heavy atom. The smallest absolute Gasteiger partial charge is 0.234 e. The molecule has 1 saturated heterocycles. The number of hydrogen-bond acceptors (Lipinski definition) is 3. The van der Waals surface area contributed by atoms with Gasteiger partial charge in [-0.25, -0.2) is 0 Å². The molecule has 1 aliphatic rings. The number of amides is 1. The average molecular weight is 197 g/mol. The van der Waals surface area contributed by atoms with Crippen molar-refractivity contribution in [1.82, 2.24) is 15.5 Å². The third-order valence-corrected chi connectivity index (χ3v) is 2.49. The van der Waals surface area contributed by atoms with E-state index < -0.39 is 0 Å². The third kappa shape index (κ3) is 3.47. The van der Waals surface area contributed by atoms with Crippen molar-refractivity contribution < 1.29 is 4.79 Å². The molecule has 0 aromatic rings. The molecule has 1 unspecified atom stereocenters. The number of nitrogens with zero attached hydrogens (tertiary/aromatic N) is 1. The zero-order chi connectivity index (χ0) is 10.4. The molecule has 0 bridgehead atoms. The summed E-state index contributed by atoms with van der Waals surface area (Å²) in [5, 5.41) is 6.05. The summed E-state index contributed by atoms with van der Waals surface area (Å²) >= 11 is 0. The van der Waals surface area contributed by atoms with Gasteiger partial charge in [-0.15, -0.1) is 6.58 Å². The highest BCUT2D eigenvalue weighted by atomic mass is 16.2. The second-order valence-corrected chi connectivity index (χ2v) is 3.65. The lowest BCUT2D eigenvalue weighted by atomic mass is 10.2. The second kappa shape index (κ2) is 5.78. The van der Waals surface area contributed by atoms with Gasteiger partial charge < -0.3 is 10.6 Å². The predicted octanol–water partition coefficient (Wildman–Crippen LogP) is -0.418. The minimum atomic E-state index is 0.0688. The molecule has 1 atom stereocenters. The molecule has 4 heteroatoms. The van der Waals surface area contributed by atoms with Crippen molar-refractivity contribution in [2.75, 3.05) is 33.2 Å². The van der Waals surface area contributed by atoms with Crippen molar-refractivity contribution in [2.24, 2.45) is 0 Å². The molecule has 4 nitrogen and oxygen atoms in total. The molecular formula is C10H19N3O. The van der Waals surface area contributed by atoms with Crippen LogP contribution in [-0.2, 0) is 4.79 Å². The van der Waals surface area contributed by atoms with E-state index in [-0.39, 0.29) is 5.91 Å². The monoisotopic (exact) mass is 197 g/mol. The SMILES string of the molecule is C=CCNC(=O)CN(C)C1CCNC1. The summed E-state index contributed by atoms with van der Waals surface area (Å²) in [7, 11) is 1.99. The highest BCUT2D eigenvalue weighted by Gasteiger charge is 2.20. The number of carbonyl (C=O) groups is 1. The van der Waals surface area contributed by atoms with E-state index in [0.717, 1.165) is 19.5 Å². The fraction of sp³-hybridized carbons (Fsp3) is 0.700. The van der Waals surface area contributed by atoms with Crippen molar-refractivity contribution in [1.29, 1.82) is 0 Å². The lowest BCUT2D eigenvalue weighted by molar-refractivity contribution is -0.122. The van der Waals surface area contributed by atoms with E-state index in [2.05, 4.69) is 22.1 Å². The number of rotatable bonds is 5. The molecule has 0 aliphatic carbocycles. The van der Waals surface area contributed by atoms with E-state index in [0.29, 0.717) is 19.1 Å². The van der Waals surface area contributed by atoms with Crippen molar-refractivity contribution in [3.05, 3.63) is 12.7 Å². The zero-order valence-corrected chi connectivity index (χ0v) is 8.75. The van der Waals surface area contributed by atoms with Crippen LogP contribution in [0.25, 0.3) is 0 Å². The van der Waals surface area contributed by atoms with E-state index in [9.17, 15) is 4.79 Å². The van der Waals surface area contributed by atoms with E-state index >= 15 is 0 Å². The summed E-state index contributed by atoms with van der Waals surface area (Å²) in [5.74, 6) is 0.0688. The first-order valence-electron chi connectivity index (χ1n) is 5.02. The predicted molar refractivity (Wildman–Crippen MR) is 57.1 cm³/mol. The molecule has 1 amide bonds. The first kappa shape index (κ1) is 11.2. The molecule has 1 fully saturated rings. The van der Waals surface area contributed by atoms with Gasteiger partial charge in [-0.1, -0.05) is 6.08 Å². The van der Waals surface area contributed by atoms with Crippen LogP contribution in [-0.4, -0.2) is 50.1 Å². The van der Waals surface area contributed by atoms with Gasteiger partial charge >= 0.3 is 0 Å². The van der Waals surface area contributed by atoms with Gasteiger partial charge in [0, 0.05) is 19.1 Å². The molecule has 14 heavy (non-hydrogen) atoms. The van der Waals surface area contributed by atoms with Gasteiger partial charge in [-0.2, -0.15) is 0 Å². The highest BCUT2D eigenvalue weighted by Crippen LogP contribution is 2.04. The standard InChI is InChI=1S/C10H19N3O/c1-3-5-12-10(14)8-13(2)9-4-6-11-7-9/h3,9,11H,1,4-8H2,2H3,(H,12,14). The molecule has 1 rings (SSSR count). The maximum atomic E-state index is 11.3. The van der Waals surface area contributed by atoms with E-state index in [4.69, 9.17) is 0 Å². The maximum Gasteiger partial charge on any atom is 0.234 e. The molecule has 0 spiro atoms. The van der Waals surface area contributed by atoms with Gasteiger partial charge in [-0.05, 0) is 20.0 Å². The Bertz CT molecular complexity index is 200. The number of hydrogen-bond donors (Lipinski definition) is 2.